The van der Waals surface area contributed by atoms with Crippen molar-refractivity contribution < 1.29 is 5.11 Å². The van der Waals surface area contributed by atoms with Crippen LogP contribution in [0.4, 0.5) is 5.82 Å². The number of aromatic nitrogens is 1. The van der Waals surface area contributed by atoms with Gasteiger partial charge in [0.25, 0.3) is 0 Å². The van der Waals surface area contributed by atoms with Crippen LogP contribution in [-0.2, 0) is 6.61 Å². The molecule has 1 saturated carbocycles. The van der Waals surface area contributed by atoms with Crippen molar-refractivity contribution in [2.45, 2.75) is 19.4 Å². The Morgan fingerprint density at radius 3 is 2.63 bits per heavy atom. The van der Waals surface area contributed by atoms with Gasteiger partial charge in [0.05, 0.1) is 11.6 Å². The number of nitrogens with zero attached hydrogens (tertiary/aromatic N) is 3. The highest BCUT2D eigenvalue weighted by molar-refractivity contribution is 6.31. The molecule has 0 spiro atoms. The number of hydrogen-bond donors (Lipinski definition) is 1. The highest BCUT2D eigenvalue weighted by Crippen LogP contribution is 2.30. The quantitative estimate of drug-likeness (QED) is 0.913. The average molecular weight is 282 g/mol. The van der Waals surface area contributed by atoms with Crippen molar-refractivity contribution >= 4 is 17.4 Å². The number of anilines is 1. The minimum Gasteiger partial charge on any atom is -0.392 e. The third kappa shape index (κ3) is 3.19. The zero-order valence-electron chi connectivity index (χ0n) is 11.1. The molecule has 0 atom stereocenters. The summed E-state index contributed by atoms with van der Waals surface area (Å²) < 4.78 is 0. The topological polar surface area (TPSA) is 39.6 Å². The largest absolute Gasteiger partial charge is 0.392 e. The van der Waals surface area contributed by atoms with Gasteiger partial charge in [-0.3, -0.25) is 4.90 Å². The molecule has 1 saturated heterocycles. The van der Waals surface area contributed by atoms with Gasteiger partial charge in [0.2, 0.25) is 0 Å². The highest BCUT2D eigenvalue weighted by atomic mass is 35.5. The van der Waals surface area contributed by atoms with Crippen LogP contribution in [0.3, 0.4) is 0 Å². The Labute approximate surface area is 119 Å². The van der Waals surface area contributed by atoms with Crippen molar-refractivity contribution in [2.75, 3.05) is 37.6 Å². The fourth-order valence-corrected chi connectivity index (χ4v) is 2.75. The first kappa shape index (κ1) is 13.2. The number of pyridine rings is 1. The van der Waals surface area contributed by atoms with Crippen molar-refractivity contribution in [3.05, 3.63) is 22.8 Å². The number of hydrogen-bond acceptors (Lipinski definition) is 4. The number of aliphatic hydroxyl groups excluding tert-OH is 1. The summed E-state index contributed by atoms with van der Waals surface area (Å²) in [5.41, 5.74) is 0.757. The number of halogens is 1. The second-order valence-corrected chi connectivity index (χ2v) is 5.93. The van der Waals surface area contributed by atoms with Gasteiger partial charge in [-0.1, -0.05) is 11.6 Å². The monoisotopic (exact) mass is 281 g/mol. The molecule has 1 aromatic heterocycles. The summed E-state index contributed by atoms with van der Waals surface area (Å²) in [4.78, 5) is 9.20. The lowest BCUT2D eigenvalue weighted by Gasteiger charge is -2.35. The number of aliphatic hydroxyl groups is 1. The van der Waals surface area contributed by atoms with E-state index in [0.29, 0.717) is 5.02 Å². The third-order valence-corrected chi connectivity index (χ3v) is 4.34. The van der Waals surface area contributed by atoms with E-state index < -0.39 is 0 Å². The van der Waals surface area contributed by atoms with Crippen molar-refractivity contribution in [3.8, 4) is 0 Å². The molecule has 104 valence electrons. The molecule has 0 unspecified atom stereocenters. The van der Waals surface area contributed by atoms with Crippen LogP contribution in [0.15, 0.2) is 12.3 Å². The summed E-state index contributed by atoms with van der Waals surface area (Å²) >= 11 is 5.97. The summed E-state index contributed by atoms with van der Waals surface area (Å²) in [7, 11) is 0. The Balaban J connectivity index is 1.60. The molecule has 2 fully saturated rings. The molecular formula is C14H20ClN3O. The smallest absolute Gasteiger partial charge is 0.129 e. The Bertz CT molecular complexity index is 442. The standard InChI is InChI=1S/C14H20ClN3O/c15-13-8-16-14(7-12(13)10-19)18-5-3-17(4-6-18)9-11-1-2-11/h7-8,11,19H,1-6,9-10H2. The predicted molar refractivity (Wildman–Crippen MR) is 76.5 cm³/mol. The van der Waals surface area contributed by atoms with Crippen LogP contribution < -0.4 is 4.90 Å². The zero-order valence-corrected chi connectivity index (χ0v) is 11.8. The van der Waals surface area contributed by atoms with Crippen LogP contribution in [0.2, 0.25) is 5.02 Å². The lowest BCUT2D eigenvalue weighted by molar-refractivity contribution is 0.247. The van der Waals surface area contributed by atoms with Crippen LogP contribution in [0, 0.1) is 5.92 Å². The lowest BCUT2D eigenvalue weighted by atomic mass is 10.2. The van der Waals surface area contributed by atoms with Gasteiger partial charge >= 0.3 is 0 Å². The fourth-order valence-electron chi connectivity index (χ4n) is 2.59. The molecule has 2 aliphatic rings. The summed E-state index contributed by atoms with van der Waals surface area (Å²) in [5, 5.41) is 9.79. The van der Waals surface area contributed by atoms with E-state index in [1.54, 1.807) is 6.20 Å². The summed E-state index contributed by atoms with van der Waals surface area (Å²) in [6.07, 6.45) is 4.47. The van der Waals surface area contributed by atoms with Gasteiger partial charge in [0, 0.05) is 44.5 Å². The van der Waals surface area contributed by atoms with Crippen LogP contribution in [-0.4, -0.2) is 47.7 Å². The maximum atomic E-state index is 9.25. The molecule has 1 aliphatic heterocycles. The van der Waals surface area contributed by atoms with Crippen LogP contribution in [0.25, 0.3) is 0 Å². The first-order valence-corrected chi connectivity index (χ1v) is 7.36. The summed E-state index contributed by atoms with van der Waals surface area (Å²) in [6.45, 7) is 5.46. The first-order valence-electron chi connectivity index (χ1n) is 6.99. The Morgan fingerprint density at radius 2 is 2.00 bits per heavy atom. The molecule has 2 heterocycles. The van der Waals surface area contributed by atoms with E-state index in [-0.39, 0.29) is 6.61 Å². The molecule has 1 aliphatic carbocycles. The Hall–Kier alpha value is -0.840. The van der Waals surface area contributed by atoms with E-state index in [1.807, 2.05) is 6.07 Å². The van der Waals surface area contributed by atoms with Crippen molar-refractivity contribution in [1.82, 2.24) is 9.88 Å². The molecule has 4 nitrogen and oxygen atoms in total. The molecule has 0 aromatic carbocycles. The van der Waals surface area contributed by atoms with E-state index in [4.69, 9.17) is 11.6 Å². The Morgan fingerprint density at radius 1 is 1.26 bits per heavy atom. The molecule has 1 N–H and O–H groups in total. The highest BCUT2D eigenvalue weighted by Gasteiger charge is 2.26. The summed E-state index contributed by atoms with van der Waals surface area (Å²) in [6, 6.07) is 1.90. The molecule has 0 bridgehead atoms. The molecule has 0 amide bonds. The van der Waals surface area contributed by atoms with Crippen LogP contribution in [0.5, 0.6) is 0 Å². The second kappa shape index (κ2) is 5.65. The lowest BCUT2D eigenvalue weighted by Crippen LogP contribution is -2.47. The number of piperazine rings is 1. The summed E-state index contributed by atoms with van der Waals surface area (Å²) in [5.74, 6) is 1.89. The van der Waals surface area contributed by atoms with Gasteiger partial charge in [0.1, 0.15) is 5.82 Å². The molecular weight excluding hydrogens is 262 g/mol. The molecule has 3 rings (SSSR count). The normalized spacial score (nSPS) is 20.8. The third-order valence-electron chi connectivity index (χ3n) is 4.00. The van der Waals surface area contributed by atoms with Gasteiger partial charge in [-0.25, -0.2) is 4.98 Å². The minimum absolute atomic E-state index is 0.0317. The van der Waals surface area contributed by atoms with E-state index in [0.717, 1.165) is 43.5 Å². The van der Waals surface area contributed by atoms with Gasteiger partial charge < -0.3 is 10.0 Å². The second-order valence-electron chi connectivity index (χ2n) is 5.52. The molecule has 19 heavy (non-hydrogen) atoms. The molecule has 5 heteroatoms. The van der Waals surface area contributed by atoms with E-state index in [2.05, 4.69) is 14.8 Å². The van der Waals surface area contributed by atoms with Gasteiger partial charge in [-0.05, 0) is 24.8 Å². The van der Waals surface area contributed by atoms with E-state index in [1.165, 1.54) is 19.4 Å². The van der Waals surface area contributed by atoms with E-state index in [9.17, 15) is 5.11 Å². The van der Waals surface area contributed by atoms with E-state index >= 15 is 0 Å². The predicted octanol–water partition coefficient (Wildman–Crippen LogP) is 1.76. The number of rotatable bonds is 4. The van der Waals surface area contributed by atoms with Gasteiger partial charge in [0.15, 0.2) is 0 Å². The minimum atomic E-state index is -0.0317. The van der Waals surface area contributed by atoms with Crippen LogP contribution >= 0.6 is 11.6 Å². The maximum Gasteiger partial charge on any atom is 0.129 e. The van der Waals surface area contributed by atoms with Crippen molar-refractivity contribution in [2.24, 2.45) is 5.92 Å². The van der Waals surface area contributed by atoms with Crippen molar-refractivity contribution in [1.29, 1.82) is 0 Å². The SMILES string of the molecule is OCc1cc(N2CCN(CC3CC3)CC2)ncc1Cl. The maximum absolute atomic E-state index is 9.25. The molecule has 1 aromatic rings. The van der Waals surface area contributed by atoms with Crippen molar-refractivity contribution in [3.63, 3.8) is 0 Å². The Kier molecular flexibility index (Phi) is 3.91. The zero-order chi connectivity index (χ0) is 13.2. The van der Waals surface area contributed by atoms with Crippen LogP contribution in [0.1, 0.15) is 18.4 Å². The first-order chi connectivity index (χ1) is 9.26. The van der Waals surface area contributed by atoms with Gasteiger partial charge in [-0.15, -0.1) is 0 Å². The fraction of sp³-hybridized carbons (Fsp3) is 0.643. The van der Waals surface area contributed by atoms with Gasteiger partial charge in [-0.2, -0.15) is 0 Å². The average Bonchev–Trinajstić information content (AvgIpc) is 3.24. The molecule has 0 radical (unpaired) electrons.